The van der Waals surface area contributed by atoms with E-state index in [1.54, 1.807) is 0 Å². The summed E-state index contributed by atoms with van der Waals surface area (Å²) in [5.41, 5.74) is 5.67. The Morgan fingerprint density at radius 2 is 2.09 bits per heavy atom. The van der Waals surface area contributed by atoms with Gasteiger partial charge in [0.15, 0.2) is 0 Å². The van der Waals surface area contributed by atoms with Crippen LogP contribution < -0.4 is 16.4 Å². The third-order valence-electron chi connectivity index (χ3n) is 6.36. The van der Waals surface area contributed by atoms with E-state index in [1.165, 1.54) is 12.8 Å². The number of nitrogens with one attached hydrogen (secondary N) is 2. The minimum atomic E-state index is -0.745. The fourth-order valence-electron chi connectivity index (χ4n) is 5.02. The maximum Gasteiger partial charge on any atom is 0.237 e. The molecule has 3 aliphatic rings. The van der Waals surface area contributed by atoms with Crippen LogP contribution in [0, 0.1) is 17.8 Å². The fourth-order valence-corrected chi connectivity index (χ4v) is 5.02. The number of hydrogen-bond donors (Lipinski definition) is 3. The highest BCUT2D eigenvalue weighted by molar-refractivity contribution is 5.82. The molecule has 0 bridgehead atoms. The highest BCUT2D eigenvalue weighted by Crippen LogP contribution is 2.38. The number of fused-ring (bicyclic) bond motifs is 1. The number of carbonyl (C=O) groups excluding carboxylic acids is 1. The van der Waals surface area contributed by atoms with Crippen molar-refractivity contribution in [3.8, 4) is 0 Å². The Morgan fingerprint density at radius 1 is 1.26 bits per heavy atom. The minimum absolute atomic E-state index is 0.0193. The Morgan fingerprint density at radius 3 is 2.83 bits per heavy atom. The van der Waals surface area contributed by atoms with Crippen molar-refractivity contribution < 1.29 is 9.18 Å². The van der Waals surface area contributed by atoms with Gasteiger partial charge >= 0.3 is 0 Å². The predicted octanol–water partition coefficient (Wildman–Crippen LogP) is 2.12. The van der Waals surface area contributed by atoms with E-state index in [-0.39, 0.29) is 30.0 Å². The number of amides is 1. The van der Waals surface area contributed by atoms with Gasteiger partial charge in [-0.25, -0.2) is 4.39 Å². The van der Waals surface area contributed by atoms with Crippen LogP contribution in [0.25, 0.3) is 0 Å². The van der Waals surface area contributed by atoms with Gasteiger partial charge in [0.2, 0.25) is 5.91 Å². The normalized spacial score (nSPS) is 43.9. The Hall–Kier alpha value is -0.680. The first-order valence-corrected chi connectivity index (χ1v) is 9.49. The largest absolute Gasteiger partial charge is 0.352 e. The molecule has 2 saturated carbocycles. The van der Waals surface area contributed by atoms with Gasteiger partial charge in [-0.3, -0.25) is 4.79 Å². The molecule has 0 aromatic heterocycles. The summed E-state index contributed by atoms with van der Waals surface area (Å²) in [5, 5.41) is 6.65. The van der Waals surface area contributed by atoms with E-state index in [1.807, 2.05) is 0 Å². The van der Waals surface area contributed by atoms with E-state index in [9.17, 15) is 9.18 Å². The SMILES string of the molecule is CC1CCC(F)C2CC(C(=O)NC3CCCC(CCN)C3)NC12. The van der Waals surface area contributed by atoms with Crippen LogP contribution in [0.3, 0.4) is 0 Å². The number of alkyl halides is 1. The van der Waals surface area contributed by atoms with Crippen molar-refractivity contribution >= 4 is 5.91 Å². The van der Waals surface area contributed by atoms with Crippen LogP contribution in [-0.2, 0) is 4.79 Å². The van der Waals surface area contributed by atoms with Crippen LogP contribution >= 0.6 is 0 Å². The summed E-state index contributed by atoms with van der Waals surface area (Å²) in [5.74, 6) is 1.21. The summed E-state index contributed by atoms with van der Waals surface area (Å²) in [6, 6.07) is 0.236. The zero-order valence-corrected chi connectivity index (χ0v) is 14.3. The first-order valence-electron chi connectivity index (χ1n) is 9.49. The standard InChI is InChI=1S/C18H32FN3O/c1-11-5-6-15(19)14-10-16(22-17(11)14)18(23)21-13-4-2-3-12(9-13)7-8-20/h11-17,22H,2-10,20H2,1H3,(H,21,23). The maximum atomic E-state index is 14.2. The number of carbonyl (C=O) groups is 1. The molecule has 1 amide bonds. The van der Waals surface area contributed by atoms with Crippen molar-refractivity contribution in [1.82, 2.24) is 10.6 Å². The monoisotopic (exact) mass is 325 g/mol. The van der Waals surface area contributed by atoms with E-state index in [0.717, 1.165) is 32.2 Å². The molecule has 2 aliphatic carbocycles. The van der Waals surface area contributed by atoms with Gasteiger partial charge in [0.25, 0.3) is 0 Å². The van der Waals surface area contributed by atoms with Crippen LogP contribution in [0.5, 0.6) is 0 Å². The van der Waals surface area contributed by atoms with Gasteiger partial charge in [0.1, 0.15) is 6.17 Å². The van der Waals surface area contributed by atoms with Crippen LogP contribution in [0.4, 0.5) is 4.39 Å². The summed E-state index contributed by atoms with van der Waals surface area (Å²) in [6.45, 7) is 2.91. The van der Waals surface area contributed by atoms with E-state index < -0.39 is 6.17 Å². The first-order chi connectivity index (χ1) is 11.1. The third kappa shape index (κ3) is 3.87. The molecule has 4 N–H and O–H groups in total. The van der Waals surface area contributed by atoms with E-state index in [4.69, 9.17) is 5.73 Å². The van der Waals surface area contributed by atoms with Crippen LogP contribution in [-0.4, -0.2) is 36.7 Å². The molecule has 3 rings (SSSR count). The van der Waals surface area contributed by atoms with Crippen molar-refractivity contribution in [1.29, 1.82) is 0 Å². The zero-order valence-electron chi connectivity index (χ0n) is 14.3. The van der Waals surface area contributed by atoms with Gasteiger partial charge in [-0.15, -0.1) is 0 Å². The van der Waals surface area contributed by atoms with E-state index >= 15 is 0 Å². The van der Waals surface area contributed by atoms with Gasteiger partial charge in [0, 0.05) is 18.0 Å². The highest BCUT2D eigenvalue weighted by Gasteiger charge is 2.46. The van der Waals surface area contributed by atoms with Crippen molar-refractivity contribution in [2.75, 3.05) is 6.54 Å². The molecule has 4 nitrogen and oxygen atoms in total. The molecule has 0 aromatic rings. The lowest BCUT2D eigenvalue weighted by Crippen LogP contribution is -2.49. The quantitative estimate of drug-likeness (QED) is 0.742. The lowest BCUT2D eigenvalue weighted by atomic mass is 9.77. The second kappa shape index (κ2) is 7.47. The van der Waals surface area contributed by atoms with Gasteiger partial charge in [-0.1, -0.05) is 19.8 Å². The first kappa shape index (κ1) is 17.2. The Balaban J connectivity index is 1.53. The second-order valence-electron chi connectivity index (χ2n) is 8.03. The Labute approximate surface area is 139 Å². The number of rotatable bonds is 4. The topological polar surface area (TPSA) is 67.2 Å². The minimum Gasteiger partial charge on any atom is -0.352 e. The van der Waals surface area contributed by atoms with Crippen LogP contribution in [0.2, 0.25) is 0 Å². The molecule has 7 unspecified atom stereocenters. The smallest absolute Gasteiger partial charge is 0.237 e. The summed E-state index contributed by atoms with van der Waals surface area (Å²) in [7, 11) is 0. The average Bonchev–Trinajstić information content (AvgIpc) is 2.98. The predicted molar refractivity (Wildman–Crippen MR) is 89.7 cm³/mol. The lowest BCUT2D eigenvalue weighted by molar-refractivity contribution is -0.124. The molecule has 0 aromatic carbocycles. The molecule has 7 atom stereocenters. The Kier molecular flexibility index (Phi) is 5.57. The maximum absolute atomic E-state index is 14.2. The summed E-state index contributed by atoms with van der Waals surface area (Å²) in [4.78, 5) is 12.6. The fraction of sp³-hybridized carbons (Fsp3) is 0.944. The molecular weight excluding hydrogens is 293 g/mol. The summed E-state index contributed by atoms with van der Waals surface area (Å²) < 4.78 is 14.2. The molecule has 1 heterocycles. The summed E-state index contributed by atoms with van der Waals surface area (Å²) in [6.07, 6.45) is 7.05. The molecule has 132 valence electrons. The number of halogens is 1. The third-order valence-corrected chi connectivity index (χ3v) is 6.36. The van der Waals surface area contributed by atoms with Gasteiger partial charge in [-0.2, -0.15) is 0 Å². The molecule has 3 fully saturated rings. The van der Waals surface area contributed by atoms with Crippen molar-refractivity contribution in [3.05, 3.63) is 0 Å². The second-order valence-corrected chi connectivity index (χ2v) is 8.03. The summed E-state index contributed by atoms with van der Waals surface area (Å²) >= 11 is 0. The van der Waals surface area contributed by atoms with E-state index in [2.05, 4.69) is 17.6 Å². The van der Waals surface area contributed by atoms with Gasteiger partial charge < -0.3 is 16.4 Å². The lowest BCUT2D eigenvalue weighted by Gasteiger charge is -2.33. The molecule has 1 aliphatic heterocycles. The van der Waals surface area contributed by atoms with Crippen molar-refractivity contribution in [3.63, 3.8) is 0 Å². The number of hydrogen-bond acceptors (Lipinski definition) is 3. The van der Waals surface area contributed by atoms with Crippen molar-refractivity contribution in [2.24, 2.45) is 23.5 Å². The van der Waals surface area contributed by atoms with Crippen molar-refractivity contribution in [2.45, 2.75) is 82.6 Å². The van der Waals surface area contributed by atoms with Gasteiger partial charge in [0.05, 0.1) is 6.04 Å². The van der Waals surface area contributed by atoms with Gasteiger partial charge in [-0.05, 0) is 56.9 Å². The molecule has 1 saturated heterocycles. The van der Waals surface area contributed by atoms with Crippen LogP contribution in [0.1, 0.15) is 58.3 Å². The molecular formula is C18H32FN3O. The molecule has 5 heteroatoms. The number of nitrogens with two attached hydrogens (primary N) is 1. The molecule has 0 radical (unpaired) electrons. The Bertz CT molecular complexity index is 399. The van der Waals surface area contributed by atoms with E-state index in [0.29, 0.717) is 24.7 Å². The molecule has 23 heavy (non-hydrogen) atoms. The van der Waals surface area contributed by atoms with Crippen LogP contribution in [0.15, 0.2) is 0 Å². The molecule has 0 spiro atoms. The average molecular weight is 325 g/mol. The zero-order chi connectivity index (χ0) is 16.4. The highest BCUT2D eigenvalue weighted by atomic mass is 19.1.